The van der Waals surface area contributed by atoms with E-state index in [1.165, 1.54) is 0 Å². The van der Waals surface area contributed by atoms with Crippen LogP contribution in [0.4, 0.5) is 5.69 Å². The van der Waals surface area contributed by atoms with Gasteiger partial charge in [0.1, 0.15) is 0 Å². The number of nitrogens with one attached hydrogen (secondary N) is 1. The molecule has 1 heterocycles. The smallest absolute Gasteiger partial charge is 0.251 e. The average molecular weight is 268 g/mol. The summed E-state index contributed by atoms with van der Waals surface area (Å²) in [7, 11) is -2.89. The Balaban J connectivity index is 1.90. The minimum Gasteiger partial charge on any atom is -0.399 e. The van der Waals surface area contributed by atoms with Crippen LogP contribution in [-0.4, -0.2) is 32.4 Å². The number of hydrogen-bond acceptors (Lipinski definition) is 4. The number of carbonyl (C=O) groups is 1. The normalized spacial score (nSPS) is 21.7. The fourth-order valence-corrected chi connectivity index (χ4v) is 3.91. The van der Waals surface area contributed by atoms with Crippen molar-refractivity contribution in [2.75, 3.05) is 23.8 Å². The summed E-state index contributed by atoms with van der Waals surface area (Å²) in [5, 5.41) is 2.75. The Hall–Kier alpha value is -1.56. The lowest BCUT2D eigenvalue weighted by molar-refractivity contribution is 0.0948. The van der Waals surface area contributed by atoms with Crippen LogP contribution in [0.5, 0.6) is 0 Å². The minimum atomic E-state index is -2.89. The Labute approximate surface area is 106 Å². The molecule has 0 aliphatic carbocycles. The lowest BCUT2D eigenvalue weighted by Gasteiger charge is -2.09. The molecule has 1 aromatic rings. The average Bonchev–Trinajstić information content (AvgIpc) is 2.66. The number of benzene rings is 1. The Morgan fingerprint density at radius 3 is 2.83 bits per heavy atom. The zero-order chi connectivity index (χ0) is 13.2. The molecule has 18 heavy (non-hydrogen) atoms. The van der Waals surface area contributed by atoms with Gasteiger partial charge in [0.25, 0.3) is 5.91 Å². The molecular formula is C12H16N2O3S. The van der Waals surface area contributed by atoms with E-state index in [0.717, 1.165) is 0 Å². The van der Waals surface area contributed by atoms with E-state index in [0.29, 0.717) is 24.2 Å². The van der Waals surface area contributed by atoms with E-state index in [1.807, 2.05) is 0 Å². The molecule has 1 aliphatic rings. The van der Waals surface area contributed by atoms with Crippen LogP contribution >= 0.6 is 0 Å². The maximum absolute atomic E-state index is 11.8. The second-order valence-corrected chi connectivity index (χ2v) is 6.83. The Morgan fingerprint density at radius 2 is 2.22 bits per heavy atom. The van der Waals surface area contributed by atoms with Gasteiger partial charge < -0.3 is 11.1 Å². The number of anilines is 1. The molecule has 1 saturated heterocycles. The number of sulfone groups is 1. The summed E-state index contributed by atoms with van der Waals surface area (Å²) >= 11 is 0. The van der Waals surface area contributed by atoms with Crippen molar-refractivity contribution >= 4 is 21.4 Å². The third-order valence-electron chi connectivity index (χ3n) is 3.03. The third kappa shape index (κ3) is 3.22. The van der Waals surface area contributed by atoms with E-state index in [1.54, 1.807) is 24.3 Å². The maximum atomic E-state index is 11.8. The van der Waals surface area contributed by atoms with Crippen LogP contribution in [0, 0.1) is 5.92 Å². The fraction of sp³-hybridized carbons (Fsp3) is 0.417. The summed E-state index contributed by atoms with van der Waals surface area (Å²) in [5.74, 6) is 0.211. The van der Waals surface area contributed by atoms with E-state index in [9.17, 15) is 13.2 Å². The van der Waals surface area contributed by atoms with Crippen molar-refractivity contribution in [2.24, 2.45) is 5.92 Å². The van der Waals surface area contributed by atoms with Crippen LogP contribution in [0.2, 0.25) is 0 Å². The zero-order valence-electron chi connectivity index (χ0n) is 9.93. The first kappa shape index (κ1) is 12.9. The highest BCUT2D eigenvalue weighted by atomic mass is 32.2. The lowest BCUT2D eigenvalue weighted by Crippen LogP contribution is -2.29. The topological polar surface area (TPSA) is 89.3 Å². The van der Waals surface area contributed by atoms with Gasteiger partial charge in [-0.3, -0.25) is 4.79 Å². The summed E-state index contributed by atoms with van der Waals surface area (Å²) in [5.41, 5.74) is 6.62. The molecule has 1 atom stereocenters. The van der Waals surface area contributed by atoms with Crippen molar-refractivity contribution in [3.63, 3.8) is 0 Å². The molecule has 2 rings (SSSR count). The second kappa shape index (κ2) is 4.97. The van der Waals surface area contributed by atoms with Crippen molar-refractivity contribution in [1.29, 1.82) is 0 Å². The molecule has 1 aromatic carbocycles. The van der Waals surface area contributed by atoms with Gasteiger partial charge in [0.05, 0.1) is 11.5 Å². The highest BCUT2D eigenvalue weighted by Gasteiger charge is 2.27. The summed E-state index contributed by atoms with van der Waals surface area (Å²) in [6.45, 7) is 0.396. The molecule has 0 bridgehead atoms. The summed E-state index contributed by atoms with van der Waals surface area (Å²) < 4.78 is 22.5. The lowest BCUT2D eigenvalue weighted by atomic mass is 10.1. The highest BCUT2D eigenvalue weighted by molar-refractivity contribution is 7.91. The van der Waals surface area contributed by atoms with Gasteiger partial charge in [-0.2, -0.15) is 0 Å². The van der Waals surface area contributed by atoms with Crippen LogP contribution in [0.25, 0.3) is 0 Å². The third-order valence-corrected chi connectivity index (χ3v) is 4.86. The fourth-order valence-electron chi connectivity index (χ4n) is 2.05. The van der Waals surface area contributed by atoms with E-state index in [-0.39, 0.29) is 23.3 Å². The van der Waals surface area contributed by atoms with Gasteiger partial charge in [-0.05, 0) is 30.5 Å². The summed E-state index contributed by atoms with van der Waals surface area (Å²) in [4.78, 5) is 11.8. The van der Waals surface area contributed by atoms with Crippen molar-refractivity contribution in [2.45, 2.75) is 6.42 Å². The van der Waals surface area contributed by atoms with Crippen molar-refractivity contribution in [3.05, 3.63) is 29.8 Å². The van der Waals surface area contributed by atoms with E-state index in [4.69, 9.17) is 5.73 Å². The van der Waals surface area contributed by atoms with Crippen molar-refractivity contribution in [3.8, 4) is 0 Å². The predicted octanol–water partition coefficient (Wildman–Crippen LogP) is 0.433. The predicted molar refractivity (Wildman–Crippen MR) is 69.9 cm³/mol. The largest absolute Gasteiger partial charge is 0.399 e. The van der Waals surface area contributed by atoms with Gasteiger partial charge >= 0.3 is 0 Å². The van der Waals surface area contributed by atoms with Crippen molar-refractivity contribution in [1.82, 2.24) is 5.32 Å². The Bertz CT molecular complexity index is 554. The molecule has 6 heteroatoms. The zero-order valence-corrected chi connectivity index (χ0v) is 10.7. The SMILES string of the molecule is Nc1cccc(C(=O)NCC2CCS(=O)(=O)C2)c1. The van der Waals surface area contributed by atoms with Crippen LogP contribution in [0.15, 0.2) is 24.3 Å². The van der Waals surface area contributed by atoms with Crippen molar-refractivity contribution < 1.29 is 13.2 Å². The number of carbonyl (C=O) groups excluding carboxylic acids is 1. The number of rotatable bonds is 3. The van der Waals surface area contributed by atoms with Gasteiger partial charge in [0, 0.05) is 17.8 Å². The molecule has 1 fully saturated rings. The molecule has 1 unspecified atom stereocenters. The molecule has 5 nitrogen and oxygen atoms in total. The molecule has 3 N–H and O–H groups in total. The van der Waals surface area contributed by atoms with Gasteiger partial charge in [-0.15, -0.1) is 0 Å². The van der Waals surface area contributed by atoms with Crippen LogP contribution < -0.4 is 11.1 Å². The first-order chi connectivity index (χ1) is 8.46. The summed E-state index contributed by atoms with van der Waals surface area (Å²) in [6, 6.07) is 6.70. The molecule has 1 amide bonds. The highest BCUT2D eigenvalue weighted by Crippen LogP contribution is 2.17. The Kier molecular flexibility index (Phi) is 3.56. The molecule has 0 radical (unpaired) electrons. The van der Waals surface area contributed by atoms with E-state index >= 15 is 0 Å². The standard InChI is InChI=1S/C12H16N2O3S/c13-11-3-1-2-10(6-11)12(15)14-7-9-4-5-18(16,17)8-9/h1-3,6,9H,4-5,7-8,13H2,(H,14,15). The monoisotopic (exact) mass is 268 g/mol. The molecule has 0 aromatic heterocycles. The first-order valence-electron chi connectivity index (χ1n) is 5.80. The number of hydrogen-bond donors (Lipinski definition) is 2. The number of amides is 1. The Morgan fingerprint density at radius 1 is 1.44 bits per heavy atom. The maximum Gasteiger partial charge on any atom is 0.251 e. The molecule has 0 spiro atoms. The quantitative estimate of drug-likeness (QED) is 0.778. The van der Waals surface area contributed by atoms with Gasteiger partial charge in [0.2, 0.25) is 0 Å². The summed E-state index contributed by atoms with van der Waals surface area (Å²) in [6.07, 6.45) is 0.625. The molecule has 0 saturated carbocycles. The molecule has 1 aliphatic heterocycles. The van der Waals surface area contributed by atoms with Gasteiger partial charge in [0.15, 0.2) is 9.84 Å². The minimum absolute atomic E-state index is 0.0278. The molecule has 98 valence electrons. The molecular weight excluding hydrogens is 252 g/mol. The van der Waals surface area contributed by atoms with Crippen LogP contribution in [-0.2, 0) is 9.84 Å². The number of nitrogens with two attached hydrogens (primary N) is 1. The van der Waals surface area contributed by atoms with Crippen LogP contribution in [0.3, 0.4) is 0 Å². The number of nitrogen functional groups attached to an aromatic ring is 1. The van der Waals surface area contributed by atoms with Gasteiger partial charge in [-0.25, -0.2) is 8.42 Å². The van der Waals surface area contributed by atoms with Crippen LogP contribution in [0.1, 0.15) is 16.8 Å². The second-order valence-electron chi connectivity index (χ2n) is 4.60. The van der Waals surface area contributed by atoms with E-state index < -0.39 is 9.84 Å². The first-order valence-corrected chi connectivity index (χ1v) is 7.62. The van der Waals surface area contributed by atoms with Gasteiger partial charge in [-0.1, -0.05) is 6.07 Å². The van der Waals surface area contributed by atoms with E-state index in [2.05, 4.69) is 5.32 Å².